The topological polar surface area (TPSA) is 84.9 Å². The third kappa shape index (κ3) is 4.84. The minimum absolute atomic E-state index is 0.188. The van der Waals surface area contributed by atoms with Gasteiger partial charge in [0.05, 0.1) is 23.5 Å². The van der Waals surface area contributed by atoms with Gasteiger partial charge in [0.1, 0.15) is 19.3 Å². The van der Waals surface area contributed by atoms with Crippen LogP contribution in [0.3, 0.4) is 0 Å². The van der Waals surface area contributed by atoms with Gasteiger partial charge < -0.3 is 14.8 Å². The Hall–Kier alpha value is -2.45. The Kier molecular flexibility index (Phi) is 5.76. The summed E-state index contributed by atoms with van der Waals surface area (Å²) >= 11 is 6.08. The van der Waals surface area contributed by atoms with Crippen LogP contribution in [0.2, 0.25) is 5.02 Å². The number of carbonyl (C=O) groups is 1. The van der Waals surface area contributed by atoms with E-state index in [4.69, 9.17) is 21.1 Å². The number of rotatable bonds is 6. The van der Waals surface area contributed by atoms with Crippen molar-refractivity contribution in [3.63, 3.8) is 0 Å². The van der Waals surface area contributed by atoms with Crippen molar-refractivity contribution in [3.05, 3.63) is 53.6 Å². The highest BCUT2D eigenvalue weighted by Crippen LogP contribution is 2.30. The number of benzene rings is 2. The molecule has 0 unspecified atom stereocenters. The van der Waals surface area contributed by atoms with Crippen LogP contribution in [0.5, 0.6) is 11.5 Å². The Morgan fingerprint density at radius 3 is 2.56 bits per heavy atom. The maximum Gasteiger partial charge on any atom is 0.240 e. The number of anilines is 1. The number of carbonyl (C=O) groups excluding carboxylic acids is 1. The van der Waals surface area contributed by atoms with Crippen LogP contribution in [0.1, 0.15) is 0 Å². The number of sulfonamides is 1. The second-order valence-electron chi connectivity index (χ2n) is 6.02. The van der Waals surface area contributed by atoms with Crippen LogP contribution in [0.4, 0.5) is 5.69 Å². The average molecular weight is 411 g/mol. The number of hydrogen-bond acceptors (Lipinski definition) is 5. The van der Waals surface area contributed by atoms with E-state index < -0.39 is 15.9 Å². The second-order valence-corrected chi connectivity index (χ2v) is 8.34. The number of nitrogens with zero attached hydrogens (tertiary/aromatic N) is 1. The molecule has 0 fully saturated rings. The zero-order chi connectivity index (χ0) is 19.4. The largest absolute Gasteiger partial charge is 0.486 e. The van der Waals surface area contributed by atoms with Crippen molar-refractivity contribution in [3.8, 4) is 11.5 Å². The second kappa shape index (κ2) is 8.06. The molecule has 0 saturated carbocycles. The van der Waals surface area contributed by atoms with Crippen LogP contribution in [-0.4, -0.2) is 46.4 Å². The van der Waals surface area contributed by atoms with Crippen molar-refractivity contribution in [2.24, 2.45) is 0 Å². The van der Waals surface area contributed by atoms with Gasteiger partial charge in [0.25, 0.3) is 0 Å². The summed E-state index contributed by atoms with van der Waals surface area (Å²) in [5.41, 5.74) is 0.253. The van der Waals surface area contributed by atoms with Gasteiger partial charge in [-0.05, 0) is 24.3 Å². The molecular formula is C18H19ClN2O5S. The maximum atomic E-state index is 12.3. The van der Waals surface area contributed by atoms with Gasteiger partial charge in [0.15, 0.2) is 11.5 Å². The Labute approximate surface area is 162 Å². The number of fused-ring (bicyclic) bond motifs is 1. The van der Waals surface area contributed by atoms with E-state index >= 15 is 0 Å². The molecular weight excluding hydrogens is 392 g/mol. The van der Waals surface area contributed by atoms with Crippen molar-refractivity contribution < 1.29 is 22.7 Å². The molecule has 2 aromatic rings. The predicted octanol–water partition coefficient (Wildman–Crippen LogP) is 2.06. The quantitative estimate of drug-likeness (QED) is 0.787. The van der Waals surface area contributed by atoms with Gasteiger partial charge in [-0.15, -0.1) is 0 Å². The molecule has 1 N–H and O–H groups in total. The number of nitrogens with one attached hydrogen (secondary N) is 1. The fourth-order valence-corrected chi connectivity index (χ4v) is 3.77. The Morgan fingerprint density at radius 2 is 1.85 bits per heavy atom. The third-order valence-corrected chi connectivity index (χ3v) is 5.35. The molecule has 0 aromatic heterocycles. The van der Waals surface area contributed by atoms with E-state index in [-0.39, 0.29) is 36.5 Å². The number of ether oxygens (including phenoxy) is 2. The first-order chi connectivity index (χ1) is 12.8. The minimum atomic E-state index is -3.69. The Bertz CT molecular complexity index is 935. The first-order valence-corrected chi connectivity index (χ1v) is 10.4. The van der Waals surface area contributed by atoms with Crippen molar-refractivity contribution in [1.29, 1.82) is 0 Å². The highest BCUT2D eigenvalue weighted by molar-refractivity contribution is 7.92. The lowest BCUT2D eigenvalue weighted by Crippen LogP contribution is -2.45. The van der Waals surface area contributed by atoms with Gasteiger partial charge in [0, 0.05) is 0 Å². The lowest BCUT2D eigenvalue weighted by atomic mass is 10.2. The third-order valence-electron chi connectivity index (χ3n) is 3.90. The molecule has 1 atom stereocenters. The van der Waals surface area contributed by atoms with E-state index in [9.17, 15) is 13.2 Å². The molecule has 0 spiro atoms. The molecule has 1 amide bonds. The summed E-state index contributed by atoms with van der Waals surface area (Å²) in [5.74, 6) is 0.793. The van der Waals surface area contributed by atoms with E-state index in [2.05, 4.69) is 5.32 Å². The molecule has 144 valence electrons. The van der Waals surface area contributed by atoms with Crippen molar-refractivity contribution in [2.75, 3.05) is 30.3 Å². The van der Waals surface area contributed by atoms with E-state index in [1.54, 1.807) is 36.4 Å². The lowest BCUT2D eigenvalue weighted by molar-refractivity contribution is -0.120. The molecule has 1 heterocycles. The molecule has 1 aliphatic rings. The van der Waals surface area contributed by atoms with Crippen LogP contribution in [0.15, 0.2) is 48.5 Å². The van der Waals surface area contributed by atoms with Crippen LogP contribution in [0.25, 0.3) is 0 Å². The zero-order valence-corrected chi connectivity index (χ0v) is 16.2. The van der Waals surface area contributed by atoms with Gasteiger partial charge >= 0.3 is 0 Å². The molecule has 0 bridgehead atoms. The molecule has 7 nitrogen and oxygen atoms in total. The molecule has 2 aromatic carbocycles. The summed E-state index contributed by atoms with van der Waals surface area (Å²) in [6, 6.07) is 13.7. The highest BCUT2D eigenvalue weighted by atomic mass is 35.5. The molecule has 0 radical (unpaired) electrons. The van der Waals surface area contributed by atoms with E-state index in [0.29, 0.717) is 11.5 Å². The highest BCUT2D eigenvalue weighted by Gasteiger charge is 2.25. The van der Waals surface area contributed by atoms with Gasteiger partial charge in [-0.3, -0.25) is 9.10 Å². The smallest absolute Gasteiger partial charge is 0.240 e. The molecule has 9 heteroatoms. The van der Waals surface area contributed by atoms with Crippen LogP contribution < -0.4 is 19.1 Å². The standard InChI is InChI=1S/C18H19ClN2O5S/c1-27(23,24)21(15-7-3-2-6-14(15)19)11-18(22)20-10-13-12-25-16-8-4-5-9-17(16)26-13/h2-9,13H,10-12H2,1H3,(H,20,22)/t13-/m1/s1. The maximum absolute atomic E-state index is 12.3. The minimum Gasteiger partial charge on any atom is -0.486 e. The van der Waals surface area contributed by atoms with Gasteiger partial charge in [-0.2, -0.15) is 0 Å². The normalized spacial score (nSPS) is 15.9. The van der Waals surface area contributed by atoms with Gasteiger partial charge in [-0.25, -0.2) is 8.42 Å². The SMILES string of the molecule is CS(=O)(=O)N(CC(=O)NC[C@@H]1COc2ccccc2O1)c1ccccc1Cl. The summed E-state index contributed by atoms with van der Waals surface area (Å²) in [6.07, 6.45) is 0.661. The number of para-hydroxylation sites is 3. The van der Waals surface area contributed by atoms with E-state index in [1.165, 1.54) is 0 Å². The fourth-order valence-electron chi connectivity index (χ4n) is 2.61. The van der Waals surface area contributed by atoms with Crippen molar-refractivity contribution >= 4 is 33.2 Å². The Morgan fingerprint density at radius 1 is 1.19 bits per heavy atom. The number of amides is 1. The van der Waals surface area contributed by atoms with Gasteiger partial charge in [0.2, 0.25) is 15.9 Å². The summed E-state index contributed by atoms with van der Waals surface area (Å²) in [5, 5.41) is 2.93. The fraction of sp³-hybridized carbons (Fsp3) is 0.278. The number of halogens is 1. The monoisotopic (exact) mass is 410 g/mol. The number of hydrogen-bond donors (Lipinski definition) is 1. The summed E-state index contributed by atoms with van der Waals surface area (Å²) in [6.45, 7) is 0.0949. The molecule has 27 heavy (non-hydrogen) atoms. The lowest BCUT2D eigenvalue weighted by Gasteiger charge is -2.27. The van der Waals surface area contributed by atoms with Crippen molar-refractivity contribution in [1.82, 2.24) is 5.32 Å². The average Bonchev–Trinajstić information content (AvgIpc) is 2.64. The van der Waals surface area contributed by atoms with Crippen LogP contribution >= 0.6 is 11.6 Å². The van der Waals surface area contributed by atoms with Crippen LogP contribution in [0, 0.1) is 0 Å². The van der Waals surface area contributed by atoms with Crippen LogP contribution in [-0.2, 0) is 14.8 Å². The first kappa shape index (κ1) is 19.3. The van der Waals surface area contributed by atoms with E-state index in [1.807, 2.05) is 12.1 Å². The predicted molar refractivity (Wildman–Crippen MR) is 103 cm³/mol. The van der Waals surface area contributed by atoms with E-state index in [0.717, 1.165) is 10.6 Å². The summed E-state index contributed by atoms with van der Waals surface area (Å²) in [4.78, 5) is 12.3. The molecule has 0 saturated heterocycles. The molecule has 1 aliphatic heterocycles. The summed E-state index contributed by atoms with van der Waals surface area (Å²) in [7, 11) is -3.69. The molecule has 0 aliphatic carbocycles. The summed E-state index contributed by atoms with van der Waals surface area (Å²) < 4.78 is 36.5. The first-order valence-electron chi connectivity index (χ1n) is 8.22. The van der Waals surface area contributed by atoms with Gasteiger partial charge in [-0.1, -0.05) is 35.9 Å². The zero-order valence-electron chi connectivity index (χ0n) is 14.6. The Balaban J connectivity index is 1.62. The molecule has 3 rings (SSSR count). The van der Waals surface area contributed by atoms with Crippen molar-refractivity contribution in [2.45, 2.75) is 6.10 Å².